The van der Waals surface area contributed by atoms with Crippen LogP contribution < -0.4 is 5.32 Å². The smallest absolute Gasteiger partial charge is 0.148 e. The van der Waals surface area contributed by atoms with E-state index in [1.165, 1.54) is 6.07 Å². The van der Waals surface area contributed by atoms with Crippen LogP contribution in [0.4, 0.5) is 10.2 Å². The average Bonchev–Trinajstić information content (AvgIpc) is 2.66. The molecule has 5 heteroatoms. The van der Waals surface area contributed by atoms with Crippen LogP contribution in [0.1, 0.15) is 0 Å². The number of halogens is 2. The summed E-state index contributed by atoms with van der Waals surface area (Å²) in [5.41, 5.74) is 1.16. The quantitative estimate of drug-likeness (QED) is 0.880. The summed E-state index contributed by atoms with van der Waals surface area (Å²) in [5, 5.41) is 9.60. The van der Waals surface area contributed by atoms with E-state index in [0.29, 0.717) is 17.1 Å². The maximum atomic E-state index is 13.6. The Balaban J connectivity index is 2.44. The first-order valence-electron chi connectivity index (χ1n) is 4.39. The summed E-state index contributed by atoms with van der Waals surface area (Å²) in [6.45, 7) is 0. The molecular formula is C10H9BrFN3. The lowest BCUT2D eigenvalue weighted by Crippen LogP contribution is -1.85. The van der Waals surface area contributed by atoms with Crippen molar-refractivity contribution in [2.75, 3.05) is 12.4 Å². The Morgan fingerprint density at radius 1 is 1.40 bits per heavy atom. The molecule has 1 aromatic carbocycles. The number of aromatic nitrogens is 2. The fraction of sp³-hybridized carbons (Fsp3) is 0.100. The first-order valence-corrected chi connectivity index (χ1v) is 5.18. The van der Waals surface area contributed by atoms with Gasteiger partial charge in [-0.1, -0.05) is 15.9 Å². The summed E-state index contributed by atoms with van der Waals surface area (Å²) in [4.78, 5) is 0. The molecule has 0 aliphatic heterocycles. The molecule has 2 aromatic rings. The van der Waals surface area contributed by atoms with E-state index in [9.17, 15) is 4.39 Å². The maximum absolute atomic E-state index is 13.6. The number of aromatic amines is 1. The van der Waals surface area contributed by atoms with Crippen LogP contribution in [0.5, 0.6) is 0 Å². The van der Waals surface area contributed by atoms with Crippen molar-refractivity contribution < 1.29 is 4.39 Å². The van der Waals surface area contributed by atoms with Gasteiger partial charge in [-0.05, 0) is 18.2 Å². The highest BCUT2D eigenvalue weighted by molar-refractivity contribution is 9.10. The number of nitrogens with one attached hydrogen (secondary N) is 2. The van der Waals surface area contributed by atoms with Crippen LogP contribution in [0, 0.1) is 5.82 Å². The largest absolute Gasteiger partial charge is 0.372 e. The van der Waals surface area contributed by atoms with Crippen molar-refractivity contribution in [2.45, 2.75) is 0 Å². The van der Waals surface area contributed by atoms with Crippen LogP contribution in [-0.4, -0.2) is 17.2 Å². The molecule has 0 aliphatic rings. The van der Waals surface area contributed by atoms with Gasteiger partial charge in [-0.3, -0.25) is 5.10 Å². The lowest BCUT2D eigenvalue weighted by Gasteiger charge is -1.99. The molecule has 2 rings (SSSR count). The lowest BCUT2D eigenvalue weighted by molar-refractivity contribution is 0.630. The van der Waals surface area contributed by atoms with Crippen molar-refractivity contribution in [3.05, 3.63) is 34.6 Å². The zero-order chi connectivity index (χ0) is 10.8. The van der Waals surface area contributed by atoms with E-state index in [2.05, 4.69) is 31.4 Å². The molecule has 1 heterocycles. The molecule has 0 aliphatic carbocycles. The number of nitrogens with zero attached hydrogens (tertiary/aromatic N) is 1. The van der Waals surface area contributed by atoms with Crippen molar-refractivity contribution in [3.8, 4) is 11.3 Å². The second-order valence-corrected chi connectivity index (χ2v) is 3.96. The van der Waals surface area contributed by atoms with Crippen LogP contribution >= 0.6 is 15.9 Å². The molecule has 0 fully saturated rings. The van der Waals surface area contributed by atoms with Gasteiger partial charge in [0.25, 0.3) is 0 Å². The average molecular weight is 270 g/mol. The third-order valence-electron chi connectivity index (χ3n) is 2.06. The molecule has 15 heavy (non-hydrogen) atoms. The van der Waals surface area contributed by atoms with Crippen LogP contribution in [0.25, 0.3) is 11.3 Å². The van der Waals surface area contributed by atoms with E-state index >= 15 is 0 Å². The predicted octanol–water partition coefficient (Wildman–Crippen LogP) is 3.02. The molecule has 0 amide bonds. The number of benzene rings is 1. The number of hydrogen-bond donors (Lipinski definition) is 2. The van der Waals surface area contributed by atoms with E-state index in [0.717, 1.165) is 4.47 Å². The van der Waals surface area contributed by atoms with E-state index in [-0.39, 0.29) is 5.82 Å². The van der Waals surface area contributed by atoms with Crippen molar-refractivity contribution in [1.29, 1.82) is 0 Å². The van der Waals surface area contributed by atoms with Crippen LogP contribution in [0.2, 0.25) is 0 Å². The molecule has 78 valence electrons. The maximum Gasteiger partial charge on any atom is 0.148 e. The Morgan fingerprint density at radius 3 is 2.80 bits per heavy atom. The minimum Gasteiger partial charge on any atom is -0.372 e. The molecular weight excluding hydrogens is 261 g/mol. The SMILES string of the molecule is CNc1cc(-c2ccc(Br)cc2F)[nH]n1. The van der Waals surface area contributed by atoms with E-state index in [4.69, 9.17) is 0 Å². The minimum atomic E-state index is -0.282. The van der Waals surface area contributed by atoms with Crippen molar-refractivity contribution in [2.24, 2.45) is 0 Å². The fourth-order valence-electron chi connectivity index (χ4n) is 1.30. The monoisotopic (exact) mass is 269 g/mol. The summed E-state index contributed by atoms with van der Waals surface area (Å²) in [6.07, 6.45) is 0. The summed E-state index contributed by atoms with van der Waals surface area (Å²) in [5.74, 6) is 0.406. The molecule has 1 aromatic heterocycles. The normalized spacial score (nSPS) is 10.3. The lowest BCUT2D eigenvalue weighted by atomic mass is 10.1. The third-order valence-corrected chi connectivity index (χ3v) is 2.55. The van der Waals surface area contributed by atoms with Crippen molar-refractivity contribution in [1.82, 2.24) is 10.2 Å². The van der Waals surface area contributed by atoms with Gasteiger partial charge in [0, 0.05) is 23.2 Å². The Morgan fingerprint density at radius 2 is 2.20 bits per heavy atom. The van der Waals surface area contributed by atoms with E-state index in [1.54, 1.807) is 25.2 Å². The Kier molecular flexibility index (Phi) is 2.73. The Hall–Kier alpha value is -1.36. The minimum absolute atomic E-state index is 0.282. The third kappa shape index (κ3) is 2.02. The Bertz CT molecular complexity index is 481. The molecule has 0 saturated carbocycles. The number of H-pyrrole nitrogens is 1. The molecule has 0 bridgehead atoms. The van der Waals surface area contributed by atoms with Crippen molar-refractivity contribution >= 4 is 21.7 Å². The number of hydrogen-bond acceptors (Lipinski definition) is 2. The van der Waals surface area contributed by atoms with Gasteiger partial charge in [0.2, 0.25) is 0 Å². The van der Waals surface area contributed by atoms with Crippen LogP contribution in [0.3, 0.4) is 0 Å². The highest BCUT2D eigenvalue weighted by Gasteiger charge is 2.08. The molecule has 0 atom stereocenters. The highest BCUT2D eigenvalue weighted by Crippen LogP contribution is 2.25. The van der Waals surface area contributed by atoms with Crippen LogP contribution in [-0.2, 0) is 0 Å². The molecule has 0 spiro atoms. The number of rotatable bonds is 2. The van der Waals surface area contributed by atoms with Crippen molar-refractivity contribution in [3.63, 3.8) is 0 Å². The van der Waals surface area contributed by atoms with Gasteiger partial charge in [-0.2, -0.15) is 5.10 Å². The van der Waals surface area contributed by atoms with Gasteiger partial charge < -0.3 is 5.32 Å². The van der Waals surface area contributed by atoms with Gasteiger partial charge in [-0.15, -0.1) is 0 Å². The highest BCUT2D eigenvalue weighted by atomic mass is 79.9. The van der Waals surface area contributed by atoms with E-state index < -0.39 is 0 Å². The Labute approximate surface area is 94.8 Å². The fourth-order valence-corrected chi connectivity index (χ4v) is 1.63. The molecule has 0 saturated heterocycles. The molecule has 0 radical (unpaired) electrons. The second kappa shape index (κ2) is 4.02. The zero-order valence-corrected chi connectivity index (χ0v) is 9.60. The first-order chi connectivity index (χ1) is 7.20. The topological polar surface area (TPSA) is 40.7 Å². The van der Waals surface area contributed by atoms with Gasteiger partial charge in [0.15, 0.2) is 0 Å². The summed E-state index contributed by atoms with van der Waals surface area (Å²) in [6, 6.07) is 6.67. The molecule has 0 unspecified atom stereocenters. The van der Waals surface area contributed by atoms with Gasteiger partial charge >= 0.3 is 0 Å². The molecule has 3 nitrogen and oxygen atoms in total. The molecule has 2 N–H and O–H groups in total. The number of anilines is 1. The summed E-state index contributed by atoms with van der Waals surface area (Å²) < 4.78 is 14.3. The van der Waals surface area contributed by atoms with Gasteiger partial charge in [0.1, 0.15) is 11.6 Å². The van der Waals surface area contributed by atoms with Gasteiger partial charge in [0.05, 0.1) is 5.69 Å². The summed E-state index contributed by atoms with van der Waals surface area (Å²) in [7, 11) is 1.76. The van der Waals surface area contributed by atoms with Crippen LogP contribution in [0.15, 0.2) is 28.7 Å². The van der Waals surface area contributed by atoms with Gasteiger partial charge in [-0.25, -0.2) is 4.39 Å². The predicted molar refractivity (Wildman–Crippen MR) is 61.2 cm³/mol. The summed E-state index contributed by atoms with van der Waals surface area (Å²) >= 11 is 3.21. The standard InChI is InChI=1S/C10H9BrFN3/c1-13-10-5-9(14-15-10)7-3-2-6(11)4-8(7)12/h2-5H,1H3,(H2,13,14,15). The first kappa shape index (κ1) is 10.2. The zero-order valence-electron chi connectivity index (χ0n) is 8.01. The second-order valence-electron chi connectivity index (χ2n) is 3.04. The van der Waals surface area contributed by atoms with E-state index in [1.807, 2.05) is 0 Å².